The third-order valence-electron chi connectivity index (χ3n) is 3.39. The summed E-state index contributed by atoms with van der Waals surface area (Å²) in [7, 11) is 1.60. The maximum atomic E-state index is 12.3. The SMILES string of the molecule is COc1ccc(NC(=O)c2cc(NCc3ccco3)ccn2)cc1. The number of hydrogen-bond acceptors (Lipinski definition) is 5. The van der Waals surface area contributed by atoms with Gasteiger partial charge in [-0.3, -0.25) is 9.78 Å². The van der Waals surface area contributed by atoms with Crippen molar-refractivity contribution < 1.29 is 13.9 Å². The number of nitrogens with one attached hydrogen (secondary N) is 2. The number of benzene rings is 1. The van der Waals surface area contributed by atoms with E-state index in [0.717, 1.165) is 17.2 Å². The molecule has 0 aliphatic rings. The summed E-state index contributed by atoms with van der Waals surface area (Å²) in [5, 5.41) is 5.99. The second kappa shape index (κ2) is 7.32. The second-order valence-corrected chi connectivity index (χ2v) is 5.05. The minimum atomic E-state index is -0.276. The quantitative estimate of drug-likeness (QED) is 0.725. The monoisotopic (exact) mass is 323 g/mol. The Balaban J connectivity index is 1.64. The fourth-order valence-corrected chi connectivity index (χ4v) is 2.14. The van der Waals surface area contributed by atoms with Gasteiger partial charge in [0, 0.05) is 17.6 Å². The van der Waals surface area contributed by atoms with Crippen LogP contribution in [0.4, 0.5) is 11.4 Å². The van der Waals surface area contributed by atoms with Crippen LogP contribution in [0.1, 0.15) is 16.2 Å². The third-order valence-corrected chi connectivity index (χ3v) is 3.39. The molecular weight excluding hydrogens is 306 g/mol. The average molecular weight is 323 g/mol. The molecule has 6 nitrogen and oxygen atoms in total. The lowest BCUT2D eigenvalue weighted by Gasteiger charge is -2.08. The predicted octanol–water partition coefficient (Wildman–Crippen LogP) is 3.55. The first-order chi connectivity index (χ1) is 11.7. The van der Waals surface area contributed by atoms with E-state index in [1.54, 1.807) is 56.0 Å². The van der Waals surface area contributed by atoms with Crippen molar-refractivity contribution in [2.75, 3.05) is 17.7 Å². The van der Waals surface area contributed by atoms with E-state index in [2.05, 4.69) is 15.6 Å². The number of methoxy groups -OCH3 is 1. The lowest BCUT2D eigenvalue weighted by Crippen LogP contribution is -2.14. The maximum absolute atomic E-state index is 12.3. The van der Waals surface area contributed by atoms with Gasteiger partial charge < -0.3 is 19.8 Å². The van der Waals surface area contributed by atoms with Gasteiger partial charge in [-0.05, 0) is 48.5 Å². The van der Waals surface area contributed by atoms with Crippen LogP contribution in [0.15, 0.2) is 65.4 Å². The van der Waals surface area contributed by atoms with Crippen molar-refractivity contribution in [1.82, 2.24) is 4.98 Å². The van der Waals surface area contributed by atoms with E-state index in [4.69, 9.17) is 9.15 Å². The molecule has 0 unspecified atom stereocenters. The molecule has 0 aliphatic heterocycles. The fraction of sp³-hybridized carbons (Fsp3) is 0.111. The summed E-state index contributed by atoms with van der Waals surface area (Å²) in [6.45, 7) is 0.538. The van der Waals surface area contributed by atoms with Crippen LogP contribution in [0.2, 0.25) is 0 Å². The Morgan fingerprint density at radius 1 is 1.17 bits per heavy atom. The summed E-state index contributed by atoms with van der Waals surface area (Å²) in [5.74, 6) is 1.27. The Morgan fingerprint density at radius 3 is 2.71 bits per heavy atom. The van der Waals surface area contributed by atoms with Crippen molar-refractivity contribution in [2.45, 2.75) is 6.54 Å². The summed E-state index contributed by atoms with van der Waals surface area (Å²) < 4.78 is 10.4. The molecule has 1 aromatic carbocycles. The van der Waals surface area contributed by atoms with Crippen molar-refractivity contribution in [3.63, 3.8) is 0 Å². The van der Waals surface area contributed by atoms with Gasteiger partial charge in [-0.1, -0.05) is 0 Å². The van der Waals surface area contributed by atoms with Crippen molar-refractivity contribution in [3.8, 4) is 5.75 Å². The molecule has 0 saturated heterocycles. The van der Waals surface area contributed by atoms with Crippen LogP contribution in [-0.4, -0.2) is 18.0 Å². The number of amides is 1. The zero-order valence-corrected chi connectivity index (χ0v) is 13.2. The zero-order chi connectivity index (χ0) is 16.8. The van der Waals surface area contributed by atoms with Crippen LogP contribution < -0.4 is 15.4 Å². The molecule has 2 N–H and O–H groups in total. The first-order valence-electron chi connectivity index (χ1n) is 7.42. The number of pyridine rings is 1. The molecule has 0 saturated carbocycles. The third kappa shape index (κ3) is 3.92. The molecule has 0 radical (unpaired) electrons. The molecule has 0 atom stereocenters. The topological polar surface area (TPSA) is 76.4 Å². The standard InChI is InChI=1S/C18H17N3O3/c1-23-15-6-4-13(5-7-15)21-18(22)17-11-14(8-9-19-17)20-12-16-3-2-10-24-16/h2-11H,12H2,1H3,(H,19,20)(H,21,22). The Morgan fingerprint density at radius 2 is 2.00 bits per heavy atom. The van der Waals surface area contributed by atoms with Crippen LogP contribution in [0.5, 0.6) is 5.75 Å². The number of hydrogen-bond donors (Lipinski definition) is 2. The second-order valence-electron chi connectivity index (χ2n) is 5.05. The molecule has 0 spiro atoms. The number of furan rings is 1. The van der Waals surface area contributed by atoms with Gasteiger partial charge in [0.05, 0.1) is 19.9 Å². The smallest absolute Gasteiger partial charge is 0.274 e. The van der Waals surface area contributed by atoms with E-state index in [1.165, 1.54) is 0 Å². The van der Waals surface area contributed by atoms with E-state index < -0.39 is 0 Å². The molecule has 24 heavy (non-hydrogen) atoms. The van der Waals surface area contributed by atoms with Crippen molar-refractivity contribution >= 4 is 17.3 Å². The minimum absolute atomic E-state index is 0.276. The van der Waals surface area contributed by atoms with Crippen LogP contribution in [0.3, 0.4) is 0 Å². The molecule has 122 valence electrons. The number of anilines is 2. The summed E-state index contributed by atoms with van der Waals surface area (Å²) >= 11 is 0. The van der Waals surface area contributed by atoms with Gasteiger partial charge in [-0.2, -0.15) is 0 Å². The summed E-state index contributed by atoms with van der Waals surface area (Å²) in [6.07, 6.45) is 3.21. The molecule has 0 bridgehead atoms. The average Bonchev–Trinajstić information content (AvgIpc) is 3.14. The minimum Gasteiger partial charge on any atom is -0.497 e. The molecule has 1 amide bonds. The fourth-order valence-electron chi connectivity index (χ4n) is 2.14. The zero-order valence-electron chi connectivity index (χ0n) is 13.2. The van der Waals surface area contributed by atoms with Crippen LogP contribution >= 0.6 is 0 Å². The van der Waals surface area contributed by atoms with Gasteiger partial charge in [0.2, 0.25) is 0 Å². The number of carbonyl (C=O) groups is 1. The van der Waals surface area contributed by atoms with E-state index in [9.17, 15) is 4.79 Å². The Bertz CT molecular complexity index is 799. The Kier molecular flexibility index (Phi) is 4.76. The Hall–Kier alpha value is -3.28. The molecular formula is C18H17N3O3. The van der Waals surface area contributed by atoms with Crippen LogP contribution in [0, 0.1) is 0 Å². The van der Waals surface area contributed by atoms with Crippen molar-refractivity contribution in [3.05, 3.63) is 72.4 Å². The molecule has 2 aromatic heterocycles. The van der Waals surface area contributed by atoms with E-state index in [-0.39, 0.29) is 5.91 Å². The first-order valence-corrected chi connectivity index (χ1v) is 7.42. The first kappa shape index (κ1) is 15.6. The number of carbonyl (C=O) groups excluding carboxylic acids is 1. The van der Waals surface area contributed by atoms with Crippen molar-refractivity contribution in [2.24, 2.45) is 0 Å². The Labute approximate surface area is 139 Å². The highest BCUT2D eigenvalue weighted by molar-refractivity contribution is 6.03. The number of aromatic nitrogens is 1. The van der Waals surface area contributed by atoms with Crippen molar-refractivity contribution in [1.29, 1.82) is 0 Å². The largest absolute Gasteiger partial charge is 0.497 e. The molecule has 3 rings (SSSR count). The van der Waals surface area contributed by atoms with Gasteiger partial charge in [-0.15, -0.1) is 0 Å². The highest BCUT2D eigenvalue weighted by Gasteiger charge is 2.09. The number of nitrogens with zero attached hydrogens (tertiary/aromatic N) is 1. The normalized spacial score (nSPS) is 10.2. The van der Waals surface area contributed by atoms with Gasteiger partial charge in [0.25, 0.3) is 5.91 Å². The van der Waals surface area contributed by atoms with Gasteiger partial charge in [0.1, 0.15) is 17.2 Å². The number of ether oxygens (including phenoxy) is 1. The molecule has 2 heterocycles. The van der Waals surface area contributed by atoms with Gasteiger partial charge >= 0.3 is 0 Å². The molecule has 6 heteroatoms. The summed E-state index contributed by atoms with van der Waals surface area (Å²) in [6, 6.07) is 14.3. The molecule has 0 aliphatic carbocycles. The summed E-state index contributed by atoms with van der Waals surface area (Å²) in [4.78, 5) is 16.4. The molecule has 3 aromatic rings. The summed E-state index contributed by atoms with van der Waals surface area (Å²) in [5.41, 5.74) is 1.80. The predicted molar refractivity (Wildman–Crippen MR) is 91.2 cm³/mol. The molecule has 0 fully saturated rings. The van der Waals surface area contributed by atoms with E-state index in [0.29, 0.717) is 17.9 Å². The van der Waals surface area contributed by atoms with Gasteiger partial charge in [-0.25, -0.2) is 0 Å². The van der Waals surface area contributed by atoms with Crippen LogP contribution in [-0.2, 0) is 6.54 Å². The van der Waals surface area contributed by atoms with Crippen LogP contribution in [0.25, 0.3) is 0 Å². The highest BCUT2D eigenvalue weighted by atomic mass is 16.5. The highest BCUT2D eigenvalue weighted by Crippen LogP contribution is 2.16. The lowest BCUT2D eigenvalue weighted by molar-refractivity contribution is 0.102. The number of rotatable bonds is 6. The van der Waals surface area contributed by atoms with E-state index >= 15 is 0 Å². The van der Waals surface area contributed by atoms with E-state index in [1.807, 2.05) is 12.1 Å². The maximum Gasteiger partial charge on any atom is 0.274 e. The van der Waals surface area contributed by atoms with Gasteiger partial charge in [0.15, 0.2) is 0 Å². The lowest BCUT2D eigenvalue weighted by atomic mass is 10.2.